The third-order valence-electron chi connectivity index (χ3n) is 6.19. The monoisotopic (exact) mass is 498 g/mol. The second-order valence-corrected chi connectivity index (χ2v) is 9.26. The highest BCUT2D eigenvalue weighted by atomic mass is 32.1. The standard InChI is InChI=1S/C28H26N4O3S/c1-32-22-9-4-3-7-18(22)13-23(32)28(34)31-21-11-10-17(14-24(21)35-2)20-16-36-26-19(8-5-6-12-33)15-30-27(29)25(20)26/h3-5,7-11,13-16,33H,6,12H2,1-2H3,(H2,29,30)(H,31,34). The van der Waals surface area contributed by atoms with Gasteiger partial charge in [0.1, 0.15) is 17.3 Å². The van der Waals surface area contributed by atoms with Gasteiger partial charge in [-0.3, -0.25) is 4.79 Å². The van der Waals surface area contributed by atoms with Gasteiger partial charge in [0.2, 0.25) is 0 Å². The lowest BCUT2D eigenvalue weighted by molar-refractivity contribution is 0.101. The van der Waals surface area contributed by atoms with Crippen LogP contribution < -0.4 is 15.8 Å². The lowest BCUT2D eigenvalue weighted by Gasteiger charge is -2.13. The number of aromatic nitrogens is 2. The Labute approximate surface area is 212 Å². The summed E-state index contributed by atoms with van der Waals surface area (Å²) in [7, 11) is 3.46. The van der Waals surface area contributed by atoms with Gasteiger partial charge in [-0.05, 0) is 41.6 Å². The maximum atomic E-state index is 13.1. The molecule has 0 aliphatic heterocycles. The number of carbonyl (C=O) groups excluding carboxylic acids is 1. The van der Waals surface area contributed by atoms with E-state index in [1.165, 1.54) is 0 Å². The van der Waals surface area contributed by atoms with E-state index in [0.717, 1.165) is 37.7 Å². The van der Waals surface area contributed by atoms with E-state index in [1.54, 1.807) is 24.6 Å². The zero-order chi connectivity index (χ0) is 25.2. The number of rotatable bonds is 7. The van der Waals surface area contributed by atoms with Crippen molar-refractivity contribution in [2.24, 2.45) is 7.05 Å². The number of nitrogens with two attached hydrogens (primary N) is 1. The van der Waals surface area contributed by atoms with Crippen molar-refractivity contribution < 1.29 is 14.6 Å². The zero-order valence-electron chi connectivity index (χ0n) is 20.0. The third-order valence-corrected chi connectivity index (χ3v) is 7.22. The van der Waals surface area contributed by atoms with Gasteiger partial charge in [0.15, 0.2) is 0 Å². The zero-order valence-corrected chi connectivity index (χ0v) is 20.8. The molecule has 0 aliphatic carbocycles. The Morgan fingerprint density at radius 1 is 1.25 bits per heavy atom. The van der Waals surface area contributed by atoms with Crippen LogP contribution in [0.1, 0.15) is 22.5 Å². The fourth-order valence-electron chi connectivity index (χ4n) is 4.36. The van der Waals surface area contributed by atoms with Gasteiger partial charge in [-0.1, -0.05) is 36.4 Å². The summed E-state index contributed by atoms with van der Waals surface area (Å²) in [4.78, 5) is 17.5. The van der Waals surface area contributed by atoms with E-state index in [2.05, 4.69) is 15.7 Å². The lowest BCUT2D eigenvalue weighted by Crippen LogP contribution is -2.16. The normalized spacial score (nSPS) is 11.5. The Bertz CT molecular complexity index is 1620. The topological polar surface area (TPSA) is 102 Å². The molecule has 3 aromatic heterocycles. The first-order valence-corrected chi connectivity index (χ1v) is 12.4. The summed E-state index contributed by atoms with van der Waals surface area (Å²) >= 11 is 1.59. The molecule has 0 spiro atoms. The van der Waals surface area contributed by atoms with Crippen LogP contribution in [-0.2, 0) is 7.05 Å². The van der Waals surface area contributed by atoms with Crippen molar-refractivity contribution in [2.75, 3.05) is 24.8 Å². The van der Waals surface area contributed by atoms with Gasteiger partial charge in [0.05, 0.1) is 12.8 Å². The molecular formula is C28H26N4O3S. The maximum Gasteiger partial charge on any atom is 0.272 e. The Morgan fingerprint density at radius 3 is 2.86 bits per heavy atom. The molecule has 0 saturated carbocycles. The van der Waals surface area contributed by atoms with Crippen LogP contribution in [-0.4, -0.2) is 34.3 Å². The lowest BCUT2D eigenvalue weighted by atomic mass is 10.0. The van der Waals surface area contributed by atoms with E-state index < -0.39 is 0 Å². The Morgan fingerprint density at radius 2 is 2.08 bits per heavy atom. The summed E-state index contributed by atoms with van der Waals surface area (Å²) in [5, 5.41) is 16.0. The summed E-state index contributed by atoms with van der Waals surface area (Å²) in [6, 6.07) is 15.4. The van der Waals surface area contributed by atoms with E-state index in [1.807, 2.05) is 72.3 Å². The maximum absolute atomic E-state index is 13.1. The number of nitrogen functional groups attached to an aromatic ring is 1. The van der Waals surface area contributed by atoms with Crippen LogP contribution >= 0.6 is 11.3 Å². The fourth-order valence-corrected chi connectivity index (χ4v) is 5.44. The number of carbonyl (C=O) groups is 1. The van der Waals surface area contributed by atoms with Crippen LogP contribution in [0.5, 0.6) is 5.75 Å². The first-order chi connectivity index (χ1) is 17.5. The van der Waals surface area contributed by atoms with Crippen LogP contribution in [0, 0.1) is 0 Å². The van der Waals surface area contributed by atoms with Crippen LogP contribution in [0.4, 0.5) is 11.5 Å². The Hall–Kier alpha value is -4.14. The summed E-state index contributed by atoms with van der Waals surface area (Å²) in [5.41, 5.74) is 11.2. The largest absolute Gasteiger partial charge is 0.495 e. The molecule has 3 heterocycles. The number of benzene rings is 2. The molecule has 0 unspecified atom stereocenters. The highest BCUT2D eigenvalue weighted by Gasteiger charge is 2.18. The molecular weight excluding hydrogens is 472 g/mol. The fraction of sp³-hybridized carbons (Fsp3) is 0.143. The molecule has 0 aliphatic rings. The van der Waals surface area contributed by atoms with Crippen molar-refractivity contribution in [3.8, 4) is 16.9 Å². The molecule has 36 heavy (non-hydrogen) atoms. The number of fused-ring (bicyclic) bond motifs is 2. The van der Waals surface area contributed by atoms with Crippen LogP contribution in [0.2, 0.25) is 0 Å². The second-order valence-electron chi connectivity index (χ2n) is 8.38. The number of thiophene rings is 1. The first kappa shape index (κ1) is 23.6. The molecule has 8 heteroatoms. The summed E-state index contributed by atoms with van der Waals surface area (Å²) in [5.74, 6) is 0.783. The summed E-state index contributed by atoms with van der Waals surface area (Å²) in [6.07, 6.45) is 6.20. The quantitative estimate of drug-likeness (QED) is 0.267. The SMILES string of the molecule is COc1cc(-c2csc3c(C=CCCO)cnc(N)c23)ccc1NC(=O)c1cc2ccccc2n1C. The molecule has 7 nitrogen and oxygen atoms in total. The van der Waals surface area contributed by atoms with Crippen molar-refractivity contribution in [3.63, 3.8) is 0 Å². The summed E-state index contributed by atoms with van der Waals surface area (Å²) < 4.78 is 8.55. The number of nitrogens with zero attached hydrogens (tertiary/aromatic N) is 2. The summed E-state index contributed by atoms with van der Waals surface area (Å²) in [6.45, 7) is 0.0981. The number of amides is 1. The average molecular weight is 499 g/mol. The number of pyridine rings is 1. The van der Waals surface area contributed by atoms with Crippen molar-refractivity contribution in [1.29, 1.82) is 0 Å². The Balaban J connectivity index is 1.48. The van der Waals surface area contributed by atoms with Gasteiger partial charge >= 0.3 is 0 Å². The predicted octanol–water partition coefficient (Wildman–Crippen LogP) is 5.69. The van der Waals surface area contributed by atoms with Crippen molar-refractivity contribution in [3.05, 3.63) is 77.4 Å². The number of aryl methyl sites for hydroxylation is 1. The number of hydrogen-bond donors (Lipinski definition) is 3. The van der Waals surface area contributed by atoms with Gasteiger partial charge in [-0.2, -0.15) is 0 Å². The van der Waals surface area contributed by atoms with Crippen LogP contribution in [0.3, 0.4) is 0 Å². The molecule has 2 aromatic carbocycles. The molecule has 0 fully saturated rings. The van der Waals surface area contributed by atoms with E-state index in [4.69, 9.17) is 15.6 Å². The smallest absolute Gasteiger partial charge is 0.272 e. The highest BCUT2D eigenvalue weighted by molar-refractivity contribution is 7.18. The number of aliphatic hydroxyl groups is 1. The number of para-hydroxylation sites is 1. The van der Waals surface area contributed by atoms with E-state index >= 15 is 0 Å². The molecule has 0 atom stereocenters. The minimum Gasteiger partial charge on any atom is -0.495 e. The minimum absolute atomic E-state index is 0.0981. The van der Waals surface area contributed by atoms with Crippen LogP contribution in [0.25, 0.3) is 38.2 Å². The molecule has 5 rings (SSSR count). The first-order valence-electron chi connectivity index (χ1n) is 11.5. The van der Waals surface area contributed by atoms with Gasteiger partial charge in [-0.25, -0.2) is 4.98 Å². The number of aliphatic hydroxyl groups excluding tert-OH is 1. The molecule has 182 valence electrons. The van der Waals surface area contributed by atoms with E-state index in [9.17, 15) is 4.79 Å². The molecule has 0 saturated heterocycles. The predicted molar refractivity (Wildman–Crippen MR) is 148 cm³/mol. The highest BCUT2D eigenvalue weighted by Crippen LogP contribution is 2.41. The van der Waals surface area contributed by atoms with Crippen LogP contribution in [0.15, 0.2) is 66.2 Å². The van der Waals surface area contributed by atoms with E-state index in [-0.39, 0.29) is 12.5 Å². The van der Waals surface area contributed by atoms with E-state index in [0.29, 0.717) is 29.4 Å². The number of methoxy groups -OCH3 is 1. The molecule has 4 N–H and O–H groups in total. The average Bonchev–Trinajstić information content (AvgIpc) is 3.49. The Kier molecular flexibility index (Phi) is 6.45. The molecule has 5 aromatic rings. The second kappa shape index (κ2) is 9.85. The van der Waals surface area contributed by atoms with Crippen molar-refractivity contribution in [2.45, 2.75) is 6.42 Å². The molecule has 1 amide bonds. The van der Waals surface area contributed by atoms with Gasteiger partial charge in [0, 0.05) is 52.0 Å². The van der Waals surface area contributed by atoms with Crippen molar-refractivity contribution >= 4 is 55.8 Å². The molecule has 0 radical (unpaired) electrons. The van der Waals surface area contributed by atoms with Gasteiger partial charge in [0.25, 0.3) is 5.91 Å². The number of nitrogens with one attached hydrogen (secondary N) is 1. The minimum atomic E-state index is -0.214. The number of ether oxygens (including phenoxy) is 1. The third kappa shape index (κ3) is 4.21. The number of hydrogen-bond acceptors (Lipinski definition) is 6. The van der Waals surface area contributed by atoms with Gasteiger partial charge in [-0.15, -0.1) is 11.3 Å². The number of anilines is 2. The molecule has 0 bridgehead atoms. The van der Waals surface area contributed by atoms with Crippen molar-refractivity contribution in [1.82, 2.24) is 9.55 Å². The van der Waals surface area contributed by atoms with Gasteiger partial charge < -0.3 is 25.5 Å².